The molecular formula is C24H23NO2. The van der Waals surface area contributed by atoms with E-state index in [1.54, 1.807) is 0 Å². The summed E-state index contributed by atoms with van der Waals surface area (Å²) in [6.07, 6.45) is 2.29. The Kier molecular flexibility index (Phi) is 3.98. The number of fused-ring (bicyclic) bond motifs is 3. The molecule has 3 aromatic rings. The van der Waals surface area contributed by atoms with Gasteiger partial charge in [-0.05, 0) is 22.4 Å². The van der Waals surface area contributed by atoms with Crippen molar-refractivity contribution in [2.75, 3.05) is 13.1 Å². The van der Waals surface area contributed by atoms with Crippen LogP contribution in [0.5, 0.6) is 5.75 Å². The van der Waals surface area contributed by atoms with Crippen molar-refractivity contribution in [3.8, 4) is 5.75 Å². The maximum absolute atomic E-state index is 13.1. The summed E-state index contributed by atoms with van der Waals surface area (Å²) in [5.74, 6) is 0.992. The van der Waals surface area contributed by atoms with Crippen molar-refractivity contribution in [2.24, 2.45) is 0 Å². The van der Waals surface area contributed by atoms with E-state index in [1.165, 1.54) is 5.56 Å². The number of hydrogen-bond acceptors (Lipinski definition) is 3. The number of carbonyl (C=O) groups is 1. The van der Waals surface area contributed by atoms with Crippen molar-refractivity contribution in [3.05, 3.63) is 77.9 Å². The largest absolute Gasteiger partial charge is 0.486 e. The Labute approximate surface area is 159 Å². The number of ether oxygens (including phenoxy) is 1. The zero-order valence-corrected chi connectivity index (χ0v) is 15.4. The standard InChI is InChI=1S/C24H23NO2/c26-21-16-24(12-14-25(15-13-24)17-18-6-2-1-3-7-18)27-22-11-10-19-8-4-5-9-20(19)23(21)22/h1-11H,12-17H2. The molecule has 2 heterocycles. The zero-order chi connectivity index (χ0) is 18.3. The summed E-state index contributed by atoms with van der Waals surface area (Å²) < 4.78 is 6.49. The minimum Gasteiger partial charge on any atom is -0.486 e. The summed E-state index contributed by atoms with van der Waals surface area (Å²) in [6, 6.07) is 22.7. The van der Waals surface area contributed by atoms with Crippen LogP contribution < -0.4 is 4.74 Å². The van der Waals surface area contributed by atoms with Gasteiger partial charge >= 0.3 is 0 Å². The highest BCUT2D eigenvalue weighted by atomic mass is 16.5. The van der Waals surface area contributed by atoms with Crippen LogP contribution >= 0.6 is 0 Å². The molecule has 0 saturated carbocycles. The van der Waals surface area contributed by atoms with Gasteiger partial charge in [-0.3, -0.25) is 9.69 Å². The first-order valence-electron chi connectivity index (χ1n) is 9.73. The normalized spacial score (nSPS) is 19.0. The third kappa shape index (κ3) is 3.02. The lowest BCUT2D eigenvalue weighted by Gasteiger charge is -2.44. The van der Waals surface area contributed by atoms with Crippen molar-refractivity contribution in [1.82, 2.24) is 4.90 Å². The molecule has 2 aliphatic rings. The smallest absolute Gasteiger partial charge is 0.171 e. The predicted octanol–water partition coefficient (Wildman–Crippen LogP) is 4.84. The van der Waals surface area contributed by atoms with Crippen LogP contribution in [-0.4, -0.2) is 29.4 Å². The number of hydrogen-bond donors (Lipinski definition) is 0. The molecule has 0 aliphatic carbocycles. The quantitative estimate of drug-likeness (QED) is 0.657. The first-order chi connectivity index (χ1) is 13.2. The molecule has 0 amide bonds. The van der Waals surface area contributed by atoms with Gasteiger partial charge in [0.15, 0.2) is 5.78 Å². The first kappa shape index (κ1) is 16.5. The van der Waals surface area contributed by atoms with E-state index in [2.05, 4.69) is 47.4 Å². The Morgan fingerprint density at radius 2 is 1.63 bits per heavy atom. The second-order valence-corrected chi connectivity index (χ2v) is 7.81. The van der Waals surface area contributed by atoms with Crippen molar-refractivity contribution < 1.29 is 9.53 Å². The monoisotopic (exact) mass is 357 g/mol. The molecule has 0 atom stereocenters. The fourth-order valence-corrected chi connectivity index (χ4v) is 4.51. The first-order valence-corrected chi connectivity index (χ1v) is 9.73. The van der Waals surface area contributed by atoms with Gasteiger partial charge in [0, 0.05) is 32.5 Å². The highest BCUT2D eigenvalue weighted by Crippen LogP contribution is 2.42. The van der Waals surface area contributed by atoms with Crippen molar-refractivity contribution in [3.63, 3.8) is 0 Å². The van der Waals surface area contributed by atoms with Crippen LogP contribution in [0.1, 0.15) is 35.2 Å². The van der Waals surface area contributed by atoms with E-state index >= 15 is 0 Å². The number of carbonyl (C=O) groups excluding carboxylic acids is 1. The third-order valence-corrected chi connectivity index (χ3v) is 6.00. The highest BCUT2D eigenvalue weighted by molar-refractivity contribution is 6.11. The molecule has 0 aromatic heterocycles. The van der Waals surface area contributed by atoms with Gasteiger partial charge in [0.2, 0.25) is 0 Å². The van der Waals surface area contributed by atoms with Crippen molar-refractivity contribution in [1.29, 1.82) is 0 Å². The molecule has 27 heavy (non-hydrogen) atoms. The van der Waals surface area contributed by atoms with Crippen LogP contribution in [0.15, 0.2) is 66.7 Å². The minimum atomic E-state index is -0.334. The minimum absolute atomic E-state index is 0.226. The number of rotatable bonds is 2. The van der Waals surface area contributed by atoms with E-state index in [0.717, 1.165) is 54.6 Å². The second kappa shape index (κ2) is 6.50. The van der Waals surface area contributed by atoms with Crippen LogP contribution in [0.25, 0.3) is 10.8 Å². The molecule has 136 valence electrons. The molecule has 1 saturated heterocycles. The summed E-state index contributed by atoms with van der Waals surface area (Å²) in [5, 5.41) is 2.11. The van der Waals surface area contributed by atoms with Gasteiger partial charge in [-0.1, -0.05) is 60.7 Å². The molecule has 0 N–H and O–H groups in total. The average Bonchev–Trinajstić information content (AvgIpc) is 2.70. The van der Waals surface area contributed by atoms with Crippen LogP contribution in [0, 0.1) is 0 Å². The molecule has 1 fully saturated rings. The third-order valence-electron chi connectivity index (χ3n) is 6.00. The number of benzene rings is 3. The average molecular weight is 357 g/mol. The van der Waals surface area contributed by atoms with E-state index < -0.39 is 0 Å². The van der Waals surface area contributed by atoms with E-state index in [-0.39, 0.29) is 11.4 Å². The number of Topliss-reactive ketones (excluding diaryl/α,β-unsaturated/α-hetero) is 1. The zero-order valence-electron chi connectivity index (χ0n) is 15.4. The summed E-state index contributed by atoms with van der Waals surface area (Å²) in [6.45, 7) is 2.89. The van der Waals surface area contributed by atoms with E-state index in [4.69, 9.17) is 4.74 Å². The van der Waals surface area contributed by atoms with Gasteiger partial charge in [-0.25, -0.2) is 0 Å². The molecule has 5 rings (SSSR count). The van der Waals surface area contributed by atoms with Crippen LogP contribution in [-0.2, 0) is 6.54 Å². The summed E-state index contributed by atoms with van der Waals surface area (Å²) in [5.41, 5.74) is 1.77. The number of ketones is 1. The Balaban J connectivity index is 1.36. The Bertz CT molecular complexity index is 988. The number of nitrogens with zero attached hydrogens (tertiary/aromatic N) is 1. The topological polar surface area (TPSA) is 29.5 Å². The lowest BCUT2D eigenvalue weighted by Crippen LogP contribution is -2.50. The van der Waals surface area contributed by atoms with Crippen LogP contribution in [0.2, 0.25) is 0 Å². The molecule has 1 spiro atoms. The van der Waals surface area contributed by atoms with E-state index in [9.17, 15) is 4.79 Å². The van der Waals surface area contributed by atoms with Crippen LogP contribution in [0.4, 0.5) is 0 Å². The maximum Gasteiger partial charge on any atom is 0.171 e. The van der Waals surface area contributed by atoms with E-state index in [0.29, 0.717) is 6.42 Å². The van der Waals surface area contributed by atoms with Crippen molar-refractivity contribution in [2.45, 2.75) is 31.4 Å². The maximum atomic E-state index is 13.1. The molecular weight excluding hydrogens is 334 g/mol. The molecule has 0 unspecified atom stereocenters. The number of likely N-dealkylation sites (tertiary alicyclic amines) is 1. The van der Waals surface area contributed by atoms with Gasteiger partial charge < -0.3 is 4.74 Å². The van der Waals surface area contributed by atoms with Gasteiger partial charge in [0.25, 0.3) is 0 Å². The van der Waals surface area contributed by atoms with Crippen LogP contribution in [0.3, 0.4) is 0 Å². The Morgan fingerprint density at radius 1 is 0.889 bits per heavy atom. The SMILES string of the molecule is O=C1CC2(CCN(Cc3ccccc3)CC2)Oc2ccc3ccccc3c21. The highest BCUT2D eigenvalue weighted by Gasteiger charge is 2.43. The van der Waals surface area contributed by atoms with E-state index in [1.807, 2.05) is 24.3 Å². The molecule has 2 aliphatic heterocycles. The Hall–Kier alpha value is -2.65. The van der Waals surface area contributed by atoms with Crippen molar-refractivity contribution >= 4 is 16.6 Å². The lowest BCUT2D eigenvalue weighted by molar-refractivity contribution is -0.0105. The predicted molar refractivity (Wildman–Crippen MR) is 107 cm³/mol. The molecule has 3 aromatic carbocycles. The lowest BCUT2D eigenvalue weighted by atomic mass is 9.81. The van der Waals surface area contributed by atoms with Gasteiger partial charge in [0.1, 0.15) is 11.4 Å². The number of piperidine rings is 1. The molecule has 3 heteroatoms. The van der Waals surface area contributed by atoms with Gasteiger partial charge in [0.05, 0.1) is 12.0 Å². The van der Waals surface area contributed by atoms with Gasteiger partial charge in [-0.15, -0.1) is 0 Å². The molecule has 0 radical (unpaired) electrons. The summed E-state index contributed by atoms with van der Waals surface area (Å²) in [4.78, 5) is 15.5. The fraction of sp³-hybridized carbons (Fsp3) is 0.292. The Morgan fingerprint density at radius 3 is 2.44 bits per heavy atom. The molecule has 0 bridgehead atoms. The summed E-state index contributed by atoms with van der Waals surface area (Å²) >= 11 is 0. The summed E-state index contributed by atoms with van der Waals surface area (Å²) in [7, 11) is 0. The fourth-order valence-electron chi connectivity index (χ4n) is 4.51. The second-order valence-electron chi connectivity index (χ2n) is 7.81. The molecule has 3 nitrogen and oxygen atoms in total. The van der Waals surface area contributed by atoms with Gasteiger partial charge in [-0.2, -0.15) is 0 Å².